The molecule has 0 unspecified atom stereocenters. The molecule has 118 valence electrons. The molecule has 0 heterocycles. The molecular formula is C22H18O2. The maximum Gasteiger partial charge on any atom is 0.336 e. The van der Waals surface area contributed by atoms with Crippen molar-refractivity contribution in [2.45, 2.75) is 20.3 Å². The topological polar surface area (TPSA) is 37.3 Å². The molecule has 0 fully saturated rings. The molecule has 0 aromatic heterocycles. The van der Waals surface area contributed by atoms with Gasteiger partial charge in [-0.25, -0.2) is 4.79 Å². The number of fused-ring (bicyclic) bond motifs is 3. The van der Waals surface area contributed by atoms with Crippen LogP contribution < -0.4 is 0 Å². The quantitative estimate of drug-likeness (QED) is 0.549. The molecule has 0 saturated carbocycles. The number of carboxylic acid groups (broad SMARTS) is 1. The fourth-order valence-corrected chi connectivity index (χ4v) is 3.88. The van der Waals surface area contributed by atoms with E-state index in [1.54, 1.807) is 0 Å². The van der Waals surface area contributed by atoms with Gasteiger partial charge in [-0.05, 0) is 64.8 Å². The Morgan fingerprint density at radius 1 is 0.875 bits per heavy atom. The maximum atomic E-state index is 11.4. The largest absolute Gasteiger partial charge is 0.478 e. The minimum atomic E-state index is -0.859. The van der Waals surface area contributed by atoms with Crippen molar-refractivity contribution >= 4 is 5.97 Å². The van der Waals surface area contributed by atoms with Crippen LogP contribution in [0.1, 0.15) is 32.6 Å². The van der Waals surface area contributed by atoms with Crippen molar-refractivity contribution in [3.63, 3.8) is 0 Å². The summed E-state index contributed by atoms with van der Waals surface area (Å²) in [5.74, 6) is -0.859. The minimum Gasteiger partial charge on any atom is -0.478 e. The normalized spacial score (nSPS) is 11.9. The highest BCUT2D eigenvalue weighted by Crippen LogP contribution is 2.41. The average Bonchev–Trinajstić information content (AvgIpc) is 2.92. The third-order valence-corrected chi connectivity index (χ3v) is 4.91. The van der Waals surface area contributed by atoms with Crippen molar-refractivity contribution in [1.29, 1.82) is 0 Å². The first-order valence-corrected chi connectivity index (χ1v) is 8.11. The van der Waals surface area contributed by atoms with Crippen LogP contribution in [-0.4, -0.2) is 11.1 Å². The van der Waals surface area contributed by atoms with Gasteiger partial charge >= 0.3 is 5.97 Å². The zero-order valence-corrected chi connectivity index (χ0v) is 13.8. The summed E-state index contributed by atoms with van der Waals surface area (Å²) < 4.78 is 0. The van der Waals surface area contributed by atoms with E-state index in [1.165, 1.54) is 27.8 Å². The summed E-state index contributed by atoms with van der Waals surface area (Å²) in [6.45, 7) is 3.75. The predicted molar refractivity (Wildman–Crippen MR) is 96.6 cm³/mol. The Morgan fingerprint density at radius 2 is 1.50 bits per heavy atom. The Morgan fingerprint density at radius 3 is 2.21 bits per heavy atom. The summed E-state index contributed by atoms with van der Waals surface area (Å²) in [4.78, 5) is 11.4. The van der Waals surface area contributed by atoms with Gasteiger partial charge in [-0.1, -0.05) is 54.6 Å². The third kappa shape index (κ3) is 2.15. The number of aromatic carboxylic acids is 1. The molecule has 0 bridgehead atoms. The molecule has 3 aromatic rings. The average molecular weight is 314 g/mol. The lowest BCUT2D eigenvalue weighted by molar-refractivity contribution is 0.0695. The highest BCUT2D eigenvalue weighted by molar-refractivity contribution is 5.93. The fourth-order valence-electron chi connectivity index (χ4n) is 3.88. The number of carboxylic acids is 1. The Bertz CT molecular complexity index is 960. The van der Waals surface area contributed by atoms with Crippen LogP contribution in [0, 0.1) is 13.8 Å². The van der Waals surface area contributed by atoms with E-state index in [1.807, 2.05) is 26.0 Å². The Balaban J connectivity index is 1.90. The first kappa shape index (κ1) is 14.7. The highest BCUT2D eigenvalue weighted by Gasteiger charge is 2.22. The van der Waals surface area contributed by atoms with Crippen molar-refractivity contribution in [2.24, 2.45) is 0 Å². The van der Waals surface area contributed by atoms with Crippen molar-refractivity contribution in [3.8, 4) is 22.3 Å². The zero-order chi connectivity index (χ0) is 16.8. The van der Waals surface area contributed by atoms with Crippen molar-refractivity contribution in [2.75, 3.05) is 0 Å². The van der Waals surface area contributed by atoms with E-state index in [4.69, 9.17) is 0 Å². The van der Waals surface area contributed by atoms with Gasteiger partial charge in [0.15, 0.2) is 0 Å². The summed E-state index contributed by atoms with van der Waals surface area (Å²) in [7, 11) is 0. The molecule has 1 aliphatic carbocycles. The van der Waals surface area contributed by atoms with Crippen LogP contribution in [0.5, 0.6) is 0 Å². The van der Waals surface area contributed by atoms with Crippen LogP contribution in [0.25, 0.3) is 22.3 Å². The lowest BCUT2D eigenvalue weighted by atomic mass is 9.91. The van der Waals surface area contributed by atoms with Gasteiger partial charge in [-0.2, -0.15) is 0 Å². The second-order valence-corrected chi connectivity index (χ2v) is 6.46. The maximum absolute atomic E-state index is 11.4. The Labute approximate surface area is 141 Å². The van der Waals surface area contributed by atoms with Crippen molar-refractivity contribution < 1.29 is 9.90 Å². The van der Waals surface area contributed by atoms with Crippen LogP contribution >= 0.6 is 0 Å². The van der Waals surface area contributed by atoms with Crippen LogP contribution in [0.4, 0.5) is 0 Å². The first-order chi connectivity index (χ1) is 11.6. The van der Waals surface area contributed by atoms with Gasteiger partial charge in [0.2, 0.25) is 0 Å². The van der Waals surface area contributed by atoms with Gasteiger partial charge in [0, 0.05) is 0 Å². The number of hydrogen-bond acceptors (Lipinski definition) is 1. The molecule has 0 spiro atoms. The van der Waals surface area contributed by atoms with Gasteiger partial charge < -0.3 is 5.11 Å². The van der Waals surface area contributed by atoms with Crippen molar-refractivity contribution in [1.82, 2.24) is 0 Å². The number of aryl methyl sites for hydroxylation is 2. The predicted octanol–water partition coefficient (Wildman–Crippen LogP) is 5.24. The van der Waals surface area contributed by atoms with E-state index >= 15 is 0 Å². The Kier molecular flexibility index (Phi) is 3.27. The SMILES string of the molecule is Cc1cc(-c2cccc3c2Cc2ccccc2-3)cc(C)c1C(=O)O. The van der Waals surface area contributed by atoms with Gasteiger partial charge in [0.25, 0.3) is 0 Å². The molecule has 4 rings (SSSR count). The molecule has 1 aliphatic rings. The van der Waals surface area contributed by atoms with Gasteiger partial charge in [-0.3, -0.25) is 0 Å². The van der Waals surface area contributed by atoms with Crippen LogP contribution in [0.2, 0.25) is 0 Å². The van der Waals surface area contributed by atoms with Crippen LogP contribution in [0.3, 0.4) is 0 Å². The molecule has 0 aliphatic heterocycles. The molecule has 0 radical (unpaired) electrons. The Hall–Kier alpha value is -2.87. The van der Waals surface area contributed by atoms with E-state index in [9.17, 15) is 9.90 Å². The third-order valence-electron chi connectivity index (χ3n) is 4.91. The van der Waals surface area contributed by atoms with Crippen LogP contribution in [0.15, 0.2) is 54.6 Å². The van der Waals surface area contributed by atoms with E-state index in [0.717, 1.165) is 23.1 Å². The number of benzene rings is 3. The smallest absolute Gasteiger partial charge is 0.336 e. The molecule has 0 saturated heterocycles. The molecule has 2 heteroatoms. The summed E-state index contributed by atoms with van der Waals surface area (Å²) in [6, 6.07) is 18.9. The molecule has 0 amide bonds. The van der Waals surface area contributed by atoms with Crippen LogP contribution in [-0.2, 0) is 6.42 Å². The van der Waals surface area contributed by atoms with Gasteiger partial charge in [0.1, 0.15) is 0 Å². The lowest BCUT2D eigenvalue weighted by Gasteiger charge is -2.13. The zero-order valence-electron chi connectivity index (χ0n) is 13.8. The lowest BCUT2D eigenvalue weighted by Crippen LogP contribution is -2.03. The molecule has 2 nitrogen and oxygen atoms in total. The van der Waals surface area contributed by atoms with E-state index < -0.39 is 5.97 Å². The number of carbonyl (C=O) groups is 1. The summed E-state index contributed by atoms with van der Waals surface area (Å²) in [5, 5.41) is 9.38. The summed E-state index contributed by atoms with van der Waals surface area (Å²) >= 11 is 0. The van der Waals surface area contributed by atoms with Gasteiger partial charge in [0.05, 0.1) is 5.56 Å². The standard InChI is InChI=1S/C22H18O2/c1-13-10-16(11-14(2)21(13)22(23)24)18-8-5-9-19-17-7-4-3-6-15(17)12-20(18)19/h3-11H,12H2,1-2H3,(H,23,24). The molecule has 3 aromatic carbocycles. The second-order valence-electron chi connectivity index (χ2n) is 6.46. The fraction of sp³-hybridized carbons (Fsp3) is 0.136. The summed E-state index contributed by atoms with van der Waals surface area (Å²) in [5.41, 5.74) is 9.62. The van der Waals surface area contributed by atoms with Gasteiger partial charge in [-0.15, -0.1) is 0 Å². The molecule has 24 heavy (non-hydrogen) atoms. The summed E-state index contributed by atoms with van der Waals surface area (Å²) in [6.07, 6.45) is 0.931. The van der Waals surface area contributed by atoms with E-state index in [0.29, 0.717) is 5.56 Å². The van der Waals surface area contributed by atoms with E-state index in [2.05, 4.69) is 42.5 Å². The molecular weight excluding hydrogens is 296 g/mol. The number of rotatable bonds is 2. The number of hydrogen-bond donors (Lipinski definition) is 1. The first-order valence-electron chi connectivity index (χ1n) is 8.11. The molecule has 1 N–H and O–H groups in total. The minimum absolute atomic E-state index is 0.412. The monoisotopic (exact) mass is 314 g/mol. The molecule has 0 atom stereocenters. The van der Waals surface area contributed by atoms with Crippen molar-refractivity contribution in [3.05, 3.63) is 82.4 Å². The second kappa shape index (κ2) is 5.34. The highest BCUT2D eigenvalue weighted by atomic mass is 16.4. The van der Waals surface area contributed by atoms with E-state index in [-0.39, 0.29) is 0 Å².